The molecule has 2 atom stereocenters. The van der Waals surface area contributed by atoms with Crippen molar-refractivity contribution in [1.82, 2.24) is 10.6 Å². The molecule has 1 amide bonds. The number of nitrogens with one attached hydrogen (secondary N) is 2. The molecule has 4 heteroatoms. The Morgan fingerprint density at radius 3 is 2.82 bits per heavy atom. The van der Waals surface area contributed by atoms with Crippen LogP contribution in [0.25, 0.3) is 0 Å². The highest BCUT2D eigenvalue weighted by Gasteiger charge is 2.24. The third-order valence-electron chi connectivity index (χ3n) is 3.08. The van der Waals surface area contributed by atoms with E-state index in [0.29, 0.717) is 0 Å². The molecule has 0 saturated carbocycles. The van der Waals surface area contributed by atoms with Crippen molar-refractivity contribution < 1.29 is 9.90 Å². The molecule has 0 bridgehead atoms. The van der Waals surface area contributed by atoms with E-state index in [9.17, 15) is 9.90 Å². The second-order valence-electron chi connectivity index (χ2n) is 4.30. The maximum Gasteiger partial charge on any atom is 0.237 e. The summed E-state index contributed by atoms with van der Waals surface area (Å²) in [4.78, 5) is 11.9. The van der Waals surface area contributed by atoms with Crippen molar-refractivity contribution >= 4 is 5.91 Å². The maximum absolute atomic E-state index is 11.9. The Bertz CT molecular complexity index is 361. The number of carbonyl (C=O) groups excluding carboxylic acids is 1. The molecule has 2 rings (SSSR count). The van der Waals surface area contributed by atoms with Crippen LogP contribution in [0, 0.1) is 0 Å². The molecule has 17 heavy (non-hydrogen) atoms. The number of hydrogen-bond donors (Lipinski definition) is 3. The number of benzene rings is 1. The third-order valence-corrected chi connectivity index (χ3v) is 3.08. The smallest absolute Gasteiger partial charge is 0.237 e. The van der Waals surface area contributed by atoms with Gasteiger partial charge in [0, 0.05) is 0 Å². The summed E-state index contributed by atoms with van der Waals surface area (Å²) in [5.74, 6) is -0.0228. The Morgan fingerprint density at radius 2 is 2.24 bits per heavy atom. The molecule has 0 unspecified atom stereocenters. The lowest BCUT2D eigenvalue weighted by atomic mass is 10.1. The molecule has 0 spiro atoms. The van der Waals surface area contributed by atoms with E-state index >= 15 is 0 Å². The van der Waals surface area contributed by atoms with Gasteiger partial charge in [-0.25, -0.2) is 0 Å². The molecule has 1 aromatic carbocycles. The normalized spacial score (nSPS) is 21.1. The van der Waals surface area contributed by atoms with Crippen molar-refractivity contribution in [3.8, 4) is 0 Å². The molecule has 3 N–H and O–H groups in total. The summed E-state index contributed by atoms with van der Waals surface area (Å²) in [5, 5.41) is 15.4. The van der Waals surface area contributed by atoms with E-state index in [1.165, 1.54) is 0 Å². The fourth-order valence-electron chi connectivity index (χ4n) is 2.10. The molecule has 0 aromatic heterocycles. The van der Waals surface area contributed by atoms with Gasteiger partial charge in [-0.2, -0.15) is 0 Å². The third kappa shape index (κ3) is 3.05. The Labute approximate surface area is 101 Å². The van der Waals surface area contributed by atoms with Crippen LogP contribution in [0.2, 0.25) is 0 Å². The Kier molecular flexibility index (Phi) is 4.12. The quantitative estimate of drug-likeness (QED) is 0.714. The zero-order chi connectivity index (χ0) is 12.1. The molecule has 1 saturated heterocycles. The standard InChI is InChI=1S/C13H18N2O2/c16-9-12(10-5-2-1-3-6-10)15-13(17)11-7-4-8-14-11/h1-3,5-6,11-12,14,16H,4,7-9H2,(H,15,17)/t11-,12-/m1/s1. The SMILES string of the molecule is O=C(N[C@H](CO)c1ccccc1)[C@H]1CCCN1. The van der Waals surface area contributed by atoms with Gasteiger partial charge in [0.05, 0.1) is 18.7 Å². The van der Waals surface area contributed by atoms with Gasteiger partial charge in [-0.3, -0.25) is 4.79 Å². The molecule has 1 aromatic rings. The molecule has 4 nitrogen and oxygen atoms in total. The lowest BCUT2D eigenvalue weighted by Gasteiger charge is -2.19. The van der Waals surface area contributed by atoms with Crippen molar-refractivity contribution in [2.75, 3.05) is 13.2 Å². The summed E-state index contributed by atoms with van der Waals surface area (Å²) < 4.78 is 0. The average molecular weight is 234 g/mol. The van der Waals surface area contributed by atoms with Crippen molar-refractivity contribution in [2.45, 2.75) is 24.9 Å². The van der Waals surface area contributed by atoms with Crippen molar-refractivity contribution in [2.24, 2.45) is 0 Å². The minimum atomic E-state index is -0.314. The van der Waals surface area contributed by atoms with Crippen molar-refractivity contribution in [3.63, 3.8) is 0 Å². The minimum Gasteiger partial charge on any atom is -0.394 e. The second kappa shape index (κ2) is 5.80. The zero-order valence-corrected chi connectivity index (χ0v) is 9.73. The molecule has 1 aliphatic heterocycles. The molecule has 0 radical (unpaired) electrons. The summed E-state index contributed by atoms with van der Waals surface area (Å²) in [7, 11) is 0. The van der Waals surface area contributed by atoms with Gasteiger partial charge in [0.2, 0.25) is 5.91 Å². The number of rotatable bonds is 4. The van der Waals surface area contributed by atoms with E-state index in [4.69, 9.17) is 0 Å². The second-order valence-corrected chi connectivity index (χ2v) is 4.30. The summed E-state index contributed by atoms with van der Waals surface area (Å²) >= 11 is 0. The number of amides is 1. The van der Waals surface area contributed by atoms with E-state index in [0.717, 1.165) is 24.9 Å². The van der Waals surface area contributed by atoms with Gasteiger partial charge in [-0.15, -0.1) is 0 Å². The first kappa shape index (κ1) is 12.1. The molecule has 0 aliphatic carbocycles. The molecule has 1 aliphatic rings. The fourth-order valence-corrected chi connectivity index (χ4v) is 2.10. The van der Waals surface area contributed by atoms with E-state index in [2.05, 4.69) is 10.6 Å². The van der Waals surface area contributed by atoms with Gasteiger partial charge in [0.1, 0.15) is 0 Å². The van der Waals surface area contributed by atoms with E-state index in [1.54, 1.807) is 0 Å². The van der Waals surface area contributed by atoms with Crippen LogP contribution in [-0.2, 0) is 4.79 Å². The van der Waals surface area contributed by atoms with Crippen LogP contribution in [-0.4, -0.2) is 30.2 Å². The zero-order valence-electron chi connectivity index (χ0n) is 9.73. The van der Waals surface area contributed by atoms with Crippen LogP contribution in [0.4, 0.5) is 0 Å². The van der Waals surface area contributed by atoms with E-state index < -0.39 is 0 Å². The topological polar surface area (TPSA) is 61.4 Å². The lowest BCUT2D eigenvalue weighted by molar-refractivity contribution is -0.123. The van der Waals surface area contributed by atoms with Crippen LogP contribution in [0.5, 0.6) is 0 Å². The molecule has 1 fully saturated rings. The summed E-state index contributed by atoms with van der Waals surface area (Å²) in [6.07, 6.45) is 1.91. The average Bonchev–Trinajstić information content (AvgIpc) is 2.90. The predicted molar refractivity (Wildman–Crippen MR) is 65.4 cm³/mol. The summed E-state index contributed by atoms with van der Waals surface area (Å²) in [6.45, 7) is 0.815. The van der Waals surface area contributed by atoms with Crippen LogP contribution in [0.15, 0.2) is 30.3 Å². The van der Waals surface area contributed by atoms with Crippen molar-refractivity contribution in [3.05, 3.63) is 35.9 Å². The number of aliphatic hydroxyl groups is 1. The largest absolute Gasteiger partial charge is 0.394 e. The lowest BCUT2D eigenvalue weighted by Crippen LogP contribution is -2.42. The first-order valence-corrected chi connectivity index (χ1v) is 6.01. The van der Waals surface area contributed by atoms with Gasteiger partial charge in [0.25, 0.3) is 0 Å². The fraction of sp³-hybridized carbons (Fsp3) is 0.462. The number of aliphatic hydroxyl groups excluding tert-OH is 1. The number of hydrogen-bond acceptors (Lipinski definition) is 3. The predicted octanol–water partition coefficient (Wildman–Crippen LogP) is 0.588. The summed E-state index contributed by atoms with van der Waals surface area (Å²) in [5.41, 5.74) is 0.932. The highest BCUT2D eigenvalue weighted by Crippen LogP contribution is 2.13. The van der Waals surface area contributed by atoms with Gasteiger partial charge in [-0.05, 0) is 24.9 Å². The van der Waals surface area contributed by atoms with Crippen LogP contribution in [0.3, 0.4) is 0 Å². The van der Waals surface area contributed by atoms with Crippen LogP contribution in [0.1, 0.15) is 24.4 Å². The van der Waals surface area contributed by atoms with Gasteiger partial charge in [-0.1, -0.05) is 30.3 Å². The Balaban J connectivity index is 1.97. The number of carbonyl (C=O) groups is 1. The van der Waals surface area contributed by atoms with Gasteiger partial charge < -0.3 is 15.7 Å². The highest BCUT2D eigenvalue weighted by atomic mass is 16.3. The minimum absolute atomic E-state index is 0.0228. The van der Waals surface area contributed by atoms with Crippen LogP contribution >= 0.6 is 0 Å². The Morgan fingerprint density at radius 1 is 1.47 bits per heavy atom. The molecule has 92 valence electrons. The highest BCUT2D eigenvalue weighted by molar-refractivity contribution is 5.82. The monoisotopic (exact) mass is 234 g/mol. The maximum atomic E-state index is 11.9. The molecular formula is C13H18N2O2. The van der Waals surface area contributed by atoms with E-state index in [1.807, 2.05) is 30.3 Å². The van der Waals surface area contributed by atoms with Crippen LogP contribution < -0.4 is 10.6 Å². The Hall–Kier alpha value is -1.39. The molecular weight excluding hydrogens is 216 g/mol. The van der Waals surface area contributed by atoms with Gasteiger partial charge >= 0.3 is 0 Å². The summed E-state index contributed by atoms with van der Waals surface area (Å²) in [6, 6.07) is 9.11. The molecule has 1 heterocycles. The van der Waals surface area contributed by atoms with E-state index in [-0.39, 0.29) is 24.6 Å². The van der Waals surface area contributed by atoms with Crippen molar-refractivity contribution in [1.29, 1.82) is 0 Å². The first-order valence-electron chi connectivity index (χ1n) is 6.01. The first-order chi connectivity index (χ1) is 8.31. The van der Waals surface area contributed by atoms with Gasteiger partial charge in [0.15, 0.2) is 0 Å².